The molecular weight excluding hydrogens is 429 g/mol. The number of aromatic nitrogens is 4. The van der Waals surface area contributed by atoms with E-state index in [1.54, 1.807) is 29.1 Å². The number of nitrogens with zero attached hydrogens (tertiary/aromatic N) is 4. The van der Waals surface area contributed by atoms with E-state index in [2.05, 4.69) is 20.4 Å². The minimum atomic E-state index is -0.406. The number of aryl methyl sites for hydroxylation is 1. The zero-order valence-electron chi connectivity index (χ0n) is 17.3. The van der Waals surface area contributed by atoms with Crippen molar-refractivity contribution in [3.63, 3.8) is 0 Å². The maximum absolute atomic E-state index is 14.5. The largest absolute Gasteiger partial charge is 0.492 e. The van der Waals surface area contributed by atoms with Gasteiger partial charge >= 0.3 is 0 Å². The van der Waals surface area contributed by atoms with Gasteiger partial charge in [-0.2, -0.15) is 5.10 Å². The number of anilines is 1. The van der Waals surface area contributed by atoms with E-state index in [1.165, 1.54) is 17.4 Å². The Balaban J connectivity index is 1.42. The van der Waals surface area contributed by atoms with Gasteiger partial charge < -0.3 is 4.74 Å². The second-order valence-electron chi connectivity index (χ2n) is 7.28. The summed E-state index contributed by atoms with van der Waals surface area (Å²) in [5.74, 6) is -0.0564. The Kier molecular flexibility index (Phi) is 5.40. The van der Waals surface area contributed by atoms with Crippen LogP contribution >= 0.6 is 11.3 Å². The number of ether oxygens (including phenoxy) is 1. The number of carbonyl (C=O) groups excluding carboxylic acids is 1. The molecule has 4 aromatic rings. The van der Waals surface area contributed by atoms with Crippen molar-refractivity contribution in [3.8, 4) is 28.4 Å². The van der Waals surface area contributed by atoms with E-state index in [4.69, 9.17) is 4.74 Å². The lowest BCUT2D eigenvalue weighted by molar-refractivity contribution is 0.102. The van der Waals surface area contributed by atoms with Crippen LogP contribution in [-0.4, -0.2) is 32.3 Å². The van der Waals surface area contributed by atoms with Crippen LogP contribution in [0, 0.1) is 5.82 Å². The summed E-state index contributed by atoms with van der Waals surface area (Å²) in [6.07, 6.45) is 3.28. The van der Waals surface area contributed by atoms with Crippen LogP contribution in [0.25, 0.3) is 22.6 Å². The molecule has 3 aromatic heterocycles. The van der Waals surface area contributed by atoms with Gasteiger partial charge in [0.05, 0.1) is 29.8 Å². The van der Waals surface area contributed by atoms with Crippen LogP contribution in [0.5, 0.6) is 5.75 Å². The van der Waals surface area contributed by atoms with E-state index in [1.807, 2.05) is 24.4 Å². The Labute approximate surface area is 187 Å². The summed E-state index contributed by atoms with van der Waals surface area (Å²) < 4.78 is 21.7. The molecule has 0 saturated heterocycles. The first-order valence-corrected chi connectivity index (χ1v) is 11.2. The average Bonchev–Trinajstić information content (AvgIpc) is 3.51. The van der Waals surface area contributed by atoms with Gasteiger partial charge in [0.15, 0.2) is 5.13 Å². The Morgan fingerprint density at radius 3 is 2.91 bits per heavy atom. The molecule has 0 fully saturated rings. The van der Waals surface area contributed by atoms with Crippen molar-refractivity contribution in [1.82, 2.24) is 19.7 Å². The fourth-order valence-electron chi connectivity index (χ4n) is 3.80. The molecule has 1 aliphatic rings. The predicted octanol–water partition coefficient (Wildman–Crippen LogP) is 4.80. The molecule has 1 amide bonds. The number of amides is 1. The zero-order chi connectivity index (χ0) is 22.1. The molecule has 9 heteroatoms. The van der Waals surface area contributed by atoms with Gasteiger partial charge in [-0.05, 0) is 44.0 Å². The monoisotopic (exact) mass is 449 g/mol. The summed E-state index contributed by atoms with van der Waals surface area (Å²) in [4.78, 5) is 22.1. The Morgan fingerprint density at radius 2 is 2.12 bits per heavy atom. The van der Waals surface area contributed by atoms with Gasteiger partial charge in [0, 0.05) is 17.5 Å². The zero-order valence-corrected chi connectivity index (χ0v) is 18.2. The Hall–Kier alpha value is -3.59. The van der Waals surface area contributed by atoms with Crippen LogP contribution in [-0.2, 0) is 13.0 Å². The van der Waals surface area contributed by atoms with Gasteiger partial charge in [0.2, 0.25) is 0 Å². The highest BCUT2D eigenvalue weighted by atomic mass is 32.1. The number of thiazole rings is 1. The highest BCUT2D eigenvalue weighted by Gasteiger charge is 2.29. The average molecular weight is 450 g/mol. The van der Waals surface area contributed by atoms with Crippen LogP contribution in [0.1, 0.15) is 29.4 Å². The maximum atomic E-state index is 14.5. The molecule has 0 atom stereocenters. The van der Waals surface area contributed by atoms with Crippen LogP contribution in [0.4, 0.5) is 9.52 Å². The number of carbonyl (C=O) groups is 1. The van der Waals surface area contributed by atoms with Crippen molar-refractivity contribution < 1.29 is 13.9 Å². The molecule has 1 aliphatic heterocycles. The summed E-state index contributed by atoms with van der Waals surface area (Å²) in [6, 6.07) is 10.0. The van der Waals surface area contributed by atoms with Gasteiger partial charge in [-0.1, -0.05) is 12.1 Å². The molecule has 1 aromatic carbocycles. The molecular formula is C23H20FN5O2S. The number of rotatable bonds is 6. The third-order valence-electron chi connectivity index (χ3n) is 5.23. The summed E-state index contributed by atoms with van der Waals surface area (Å²) >= 11 is 1.31. The van der Waals surface area contributed by atoms with Crippen LogP contribution < -0.4 is 10.1 Å². The minimum Gasteiger partial charge on any atom is -0.492 e. The van der Waals surface area contributed by atoms with Crippen molar-refractivity contribution in [2.75, 3.05) is 11.9 Å². The highest BCUT2D eigenvalue weighted by molar-refractivity contribution is 7.14. The molecule has 32 heavy (non-hydrogen) atoms. The maximum Gasteiger partial charge on any atom is 0.261 e. The quantitative estimate of drug-likeness (QED) is 0.457. The van der Waals surface area contributed by atoms with E-state index in [0.29, 0.717) is 45.7 Å². The van der Waals surface area contributed by atoms with Gasteiger partial charge in [-0.3, -0.25) is 19.8 Å². The molecule has 0 saturated carbocycles. The molecule has 1 N–H and O–H groups in total. The lowest BCUT2D eigenvalue weighted by Gasteiger charge is -2.06. The lowest BCUT2D eigenvalue weighted by atomic mass is 10.0. The molecule has 0 radical (unpaired) electrons. The van der Waals surface area contributed by atoms with Crippen LogP contribution in [0.3, 0.4) is 0 Å². The van der Waals surface area contributed by atoms with Gasteiger partial charge in [0.25, 0.3) is 5.91 Å². The number of pyridine rings is 1. The van der Waals surface area contributed by atoms with E-state index in [9.17, 15) is 9.18 Å². The summed E-state index contributed by atoms with van der Waals surface area (Å²) in [6.45, 7) is 3.20. The van der Waals surface area contributed by atoms with Crippen molar-refractivity contribution >= 4 is 22.4 Å². The van der Waals surface area contributed by atoms with Crippen molar-refractivity contribution in [3.05, 3.63) is 65.0 Å². The van der Waals surface area contributed by atoms with E-state index < -0.39 is 5.82 Å². The number of fused-ring (bicyclic) bond motifs is 1. The number of hydrogen-bond acceptors (Lipinski definition) is 6. The standard InChI is InChI=1S/C23H20FN5O2S/c1-2-31-14-9-10-17(25-12-14)18-13-32-23(26-18)27-22(30)20-19-8-5-11-29(19)28-21(20)15-6-3-4-7-16(15)24/h3-4,6-7,9-10,12-13H,2,5,8,11H2,1H3,(H,26,27,30). The SMILES string of the molecule is CCOc1ccc(-c2csc(NC(=O)c3c(-c4ccccc4F)nn4c3CCC4)n2)nc1. The first kappa shape index (κ1) is 20.3. The Bertz CT molecular complexity index is 1280. The molecule has 4 heterocycles. The van der Waals surface area contributed by atoms with Crippen LogP contribution in [0.15, 0.2) is 48.0 Å². The molecule has 0 aliphatic carbocycles. The molecule has 0 bridgehead atoms. The van der Waals surface area contributed by atoms with Gasteiger partial charge in [-0.25, -0.2) is 9.37 Å². The number of halogens is 1. The van der Waals surface area contributed by atoms with Crippen molar-refractivity contribution in [2.45, 2.75) is 26.3 Å². The Morgan fingerprint density at radius 1 is 1.25 bits per heavy atom. The van der Waals surface area contributed by atoms with E-state index in [0.717, 1.165) is 25.1 Å². The van der Waals surface area contributed by atoms with E-state index >= 15 is 0 Å². The number of benzene rings is 1. The molecule has 162 valence electrons. The molecule has 0 unspecified atom stereocenters. The first-order chi connectivity index (χ1) is 15.6. The summed E-state index contributed by atoms with van der Waals surface area (Å²) in [5.41, 5.74) is 3.25. The minimum absolute atomic E-state index is 0.318. The van der Waals surface area contributed by atoms with Crippen LogP contribution in [0.2, 0.25) is 0 Å². The van der Waals surface area contributed by atoms with Crippen molar-refractivity contribution in [2.24, 2.45) is 0 Å². The molecule has 5 rings (SSSR count). The second kappa shape index (κ2) is 8.51. The van der Waals surface area contributed by atoms with E-state index in [-0.39, 0.29) is 5.91 Å². The van der Waals surface area contributed by atoms with Gasteiger partial charge in [-0.15, -0.1) is 11.3 Å². The number of nitrogens with one attached hydrogen (secondary N) is 1. The van der Waals surface area contributed by atoms with Gasteiger partial charge in [0.1, 0.15) is 23.0 Å². The fourth-order valence-corrected chi connectivity index (χ4v) is 4.50. The lowest BCUT2D eigenvalue weighted by Crippen LogP contribution is -2.14. The fraction of sp³-hybridized carbons (Fsp3) is 0.217. The molecule has 0 spiro atoms. The highest BCUT2D eigenvalue weighted by Crippen LogP contribution is 2.32. The predicted molar refractivity (Wildman–Crippen MR) is 120 cm³/mol. The summed E-state index contributed by atoms with van der Waals surface area (Å²) in [7, 11) is 0. The topological polar surface area (TPSA) is 81.9 Å². The normalized spacial score (nSPS) is 12.6. The second-order valence-corrected chi connectivity index (χ2v) is 8.14. The molecule has 7 nitrogen and oxygen atoms in total. The smallest absolute Gasteiger partial charge is 0.261 e. The summed E-state index contributed by atoms with van der Waals surface area (Å²) in [5, 5.41) is 9.68. The third-order valence-corrected chi connectivity index (χ3v) is 5.99. The first-order valence-electron chi connectivity index (χ1n) is 10.3. The number of hydrogen-bond donors (Lipinski definition) is 1. The third kappa shape index (κ3) is 3.75. The van der Waals surface area contributed by atoms with Crippen molar-refractivity contribution in [1.29, 1.82) is 0 Å².